The monoisotopic (exact) mass is 591 g/mol. The number of nitrogens with one attached hydrogen (secondary N) is 1. The lowest BCUT2D eigenvalue weighted by molar-refractivity contribution is 0.0948. The lowest BCUT2D eigenvalue weighted by atomic mass is 10.2. The summed E-state index contributed by atoms with van der Waals surface area (Å²) >= 11 is 9.57. The van der Waals surface area contributed by atoms with Crippen LogP contribution in [0.4, 0.5) is 0 Å². The van der Waals surface area contributed by atoms with Gasteiger partial charge in [-0.25, -0.2) is 0 Å². The molecule has 1 fully saturated rings. The normalized spacial score (nSPS) is 18.5. The quantitative estimate of drug-likeness (QED) is 0.346. The third-order valence-corrected chi connectivity index (χ3v) is 7.32. The number of aliphatic hydroxyl groups excluding tert-OH is 1. The van der Waals surface area contributed by atoms with E-state index in [4.69, 9.17) is 0 Å². The molecule has 0 radical (unpaired) electrons. The first-order valence-corrected chi connectivity index (χ1v) is 11.5. The molecule has 1 aliphatic heterocycles. The first-order chi connectivity index (χ1) is 12.5. The highest BCUT2D eigenvalue weighted by atomic mass is 127. The molecule has 4 rings (SSSR count). The Morgan fingerprint density at radius 3 is 2.08 bits per heavy atom. The van der Waals surface area contributed by atoms with E-state index >= 15 is 0 Å². The van der Waals surface area contributed by atoms with Crippen LogP contribution in [0.1, 0.15) is 4.05 Å². The van der Waals surface area contributed by atoms with Crippen molar-refractivity contribution >= 4 is 76.3 Å². The van der Waals surface area contributed by atoms with Gasteiger partial charge in [0, 0.05) is 52.4 Å². The zero-order valence-corrected chi connectivity index (χ0v) is 19.5. The van der Waals surface area contributed by atoms with Crippen molar-refractivity contribution in [1.82, 2.24) is 14.8 Å². The summed E-state index contributed by atoms with van der Waals surface area (Å²) in [7, 11) is 0. The van der Waals surface area contributed by atoms with Gasteiger partial charge in [0.05, 0.1) is 17.1 Å². The molecule has 0 aliphatic carbocycles. The summed E-state index contributed by atoms with van der Waals surface area (Å²) < 4.78 is 4.37. The number of benzene rings is 2. The number of aliphatic hydroxyl groups is 1. The van der Waals surface area contributed by atoms with Gasteiger partial charge in [-0.05, 0) is 36.4 Å². The number of hydrogen-bond donors (Lipinski definition) is 2. The van der Waals surface area contributed by atoms with Gasteiger partial charge in [0.2, 0.25) is 0 Å². The summed E-state index contributed by atoms with van der Waals surface area (Å²) in [5.74, 6) is 0. The van der Waals surface area contributed by atoms with Gasteiger partial charge >= 0.3 is 0 Å². The van der Waals surface area contributed by atoms with Crippen molar-refractivity contribution in [1.29, 1.82) is 0 Å². The van der Waals surface area contributed by atoms with Gasteiger partial charge < -0.3 is 15.0 Å². The molecule has 2 aromatic carbocycles. The Labute approximate surface area is 183 Å². The van der Waals surface area contributed by atoms with Gasteiger partial charge in [-0.3, -0.25) is 4.90 Å². The van der Waals surface area contributed by atoms with Gasteiger partial charge in [0.25, 0.3) is 0 Å². The molecule has 0 spiro atoms. The Morgan fingerprint density at radius 1 is 1.00 bits per heavy atom. The summed E-state index contributed by atoms with van der Waals surface area (Å²) in [6, 6.07) is 12.7. The molecule has 2 heterocycles. The van der Waals surface area contributed by atoms with Crippen molar-refractivity contribution in [3.05, 3.63) is 45.3 Å². The van der Waals surface area contributed by atoms with Crippen LogP contribution in [0.2, 0.25) is 0 Å². The number of alkyl halides is 1. The van der Waals surface area contributed by atoms with Crippen LogP contribution in [0.3, 0.4) is 0 Å². The van der Waals surface area contributed by atoms with Crippen molar-refractivity contribution in [3.8, 4) is 0 Å². The third-order valence-electron chi connectivity index (χ3n) is 4.95. The van der Waals surface area contributed by atoms with Crippen LogP contribution in [0.15, 0.2) is 45.3 Å². The summed E-state index contributed by atoms with van der Waals surface area (Å²) in [5.41, 5.74) is 2.31. The predicted molar refractivity (Wildman–Crippen MR) is 123 cm³/mol. The van der Waals surface area contributed by atoms with E-state index in [1.807, 2.05) is 0 Å². The number of rotatable bonds is 4. The molecular formula is C19H20Br2IN3O. The van der Waals surface area contributed by atoms with E-state index in [2.05, 4.69) is 106 Å². The van der Waals surface area contributed by atoms with Crippen LogP contribution >= 0.6 is 54.5 Å². The first-order valence-electron chi connectivity index (χ1n) is 8.68. The standard InChI is InChI=1S/C19H20Br2IN3O/c20-12-1-3-16-14(9-12)15-10-13(21)2-4-17(15)25(16)19(22)18(26)11-24-7-5-23-6-8-24/h1-4,9-10,18-19,23,26H,5-8,11H2. The topological polar surface area (TPSA) is 40.4 Å². The fourth-order valence-electron chi connectivity index (χ4n) is 3.68. The van der Waals surface area contributed by atoms with Crippen molar-refractivity contribution in [2.24, 2.45) is 0 Å². The molecule has 3 aromatic rings. The van der Waals surface area contributed by atoms with Crippen LogP contribution in [-0.4, -0.2) is 53.4 Å². The lowest BCUT2D eigenvalue weighted by Crippen LogP contribution is -2.47. The zero-order valence-electron chi connectivity index (χ0n) is 14.1. The van der Waals surface area contributed by atoms with Crippen molar-refractivity contribution in [3.63, 3.8) is 0 Å². The van der Waals surface area contributed by atoms with Crippen LogP contribution in [-0.2, 0) is 0 Å². The second-order valence-corrected chi connectivity index (χ2v) is 9.79. The number of hydrogen-bond acceptors (Lipinski definition) is 3. The SMILES string of the molecule is OC(CN1CCNCC1)C(I)n1c2ccc(Br)cc2c2cc(Br)ccc21. The fourth-order valence-corrected chi connectivity index (χ4v) is 5.23. The molecule has 2 atom stereocenters. The molecule has 1 aromatic heterocycles. The minimum absolute atomic E-state index is 0.0372. The Hall–Kier alpha value is -0.190. The predicted octanol–water partition coefficient (Wildman–Crippen LogP) is 4.52. The minimum Gasteiger partial charge on any atom is -0.389 e. The lowest BCUT2D eigenvalue weighted by Gasteiger charge is -2.31. The van der Waals surface area contributed by atoms with E-state index in [1.54, 1.807) is 0 Å². The third kappa shape index (κ3) is 3.71. The summed E-state index contributed by atoms with van der Waals surface area (Å²) in [5, 5.41) is 16.7. The molecule has 138 valence electrons. The van der Waals surface area contributed by atoms with Crippen molar-refractivity contribution < 1.29 is 5.11 Å². The van der Waals surface area contributed by atoms with Gasteiger partial charge in [0.15, 0.2) is 0 Å². The highest BCUT2D eigenvalue weighted by molar-refractivity contribution is 14.1. The van der Waals surface area contributed by atoms with Crippen LogP contribution in [0, 0.1) is 0 Å². The summed E-state index contributed by atoms with van der Waals surface area (Å²) in [6.45, 7) is 4.68. The first kappa shape index (κ1) is 19.1. The van der Waals surface area contributed by atoms with Crippen molar-refractivity contribution in [2.75, 3.05) is 32.7 Å². The zero-order chi connectivity index (χ0) is 18.3. The van der Waals surface area contributed by atoms with Crippen LogP contribution in [0.25, 0.3) is 21.8 Å². The van der Waals surface area contributed by atoms with E-state index in [0.29, 0.717) is 6.54 Å². The van der Waals surface area contributed by atoms with E-state index in [9.17, 15) is 5.11 Å². The van der Waals surface area contributed by atoms with Gasteiger partial charge in [-0.15, -0.1) is 0 Å². The molecule has 7 heteroatoms. The molecule has 2 unspecified atom stereocenters. The van der Waals surface area contributed by atoms with E-state index in [-0.39, 0.29) is 4.05 Å². The van der Waals surface area contributed by atoms with E-state index in [0.717, 1.165) is 46.2 Å². The number of fused-ring (bicyclic) bond motifs is 3. The number of nitrogens with zero attached hydrogens (tertiary/aromatic N) is 2. The van der Waals surface area contributed by atoms with E-state index < -0.39 is 6.10 Å². The molecule has 4 nitrogen and oxygen atoms in total. The second kappa shape index (κ2) is 8.05. The molecular weight excluding hydrogens is 573 g/mol. The molecule has 1 saturated heterocycles. The molecule has 0 amide bonds. The molecule has 1 aliphatic rings. The number of aromatic nitrogens is 1. The average molecular weight is 593 g/mol. The maximum Gasteiger partial charge on any atom is 0.113 e. The fraction of sp³-hybridized carbons (Fsp3) is 0.368. The number of piperazine rings is 1. The van der Waals surface area contributed by atoms with Crippen molar-refractivity contribution in [2.45, 2.75) is 10.2 Å². The molecule has 26 heavy (non-hydrogen) atoms. The molecule has 2 N–H and O–H groups in total. The van der Waals surface area contributed by atoms with Crippen LogP contribution in [0.5, 0.6) is 0 Å². The Kier molecular flexibility index (Phi) is 5.92. The van der Waals surface area contributed by atoms with E-state index in [1.165, 1.54) is 10.8 Å². The maximum absolute atomic E-state index is 11.0. The summed E-state index contributed by atoms with van der Waals surface area (Å²) in [4.78, 5) is 2.34. The molecule has 0 saturated carbocycles. The van der Waals surface area contributed by atoms with Gasteiger partial charge in [0.1, 0.15) is 4.05 Å². The average Bonchev–Trinajstić information content (AvgIpc) is 2.95. The smallest absolute Gasteiger partial charge is 0.113 e. The highest BCUT2D eigenvalue weighted by Crippen LogP contribution is 2.38. The Morgan fingerprint density at radius 2 is 1.54 bits per heavy atom. The second-order valence-electron chi connectivity index (χ2n) is 6.68. The number of halogens is 3. The highest BCUT2D eigenvalue weighted by Gasteiger charge is 2.25. The molecule has 0 bridgehead atoms. The van der Waals surface area contributed by atoms with Crippen LogP contribution < -0.4 is 5.32 Å². The Bertz CT molecular complexity index is 880. The Balaban J connectivity index is 1.76. The maximum atomic E-state index is 11.0. The minimum atomic E-state index is -0.431. The summed E-state index contributed by atoms with van der Waals surface area (Å²) in [6.07, 6.45) is -0.431. The van der Waals surface area contributed by atoms with Gasteiger partial charge in [-0.1, -0.05) is 54.5 Å². The largest absolute Gasteiger partial charge is 0.389 e. The van der Waals surface area contributed by atoms with Gasteiger partial charge in [-0.2, -0.15) is 0 Å². The number of β-amino-alcohol motifs (C(OH)–C–C–N with tert-alkyl or cyclic N) is 1.